The van der Waals surface area contributed by atoms with Gasteiger partial charge in [0.05, 0.1) is 18.7 Å². The van der Waals surface area contributed by atoms with Crippen molar-refractivity contribution in [1.82, 2.24) is 10.6 Å². The number of carbonyl (C=O) groups excluding carboxylic acids is 1. The second-order valence-electron chi connectivity index (χ2n) is 7.22. The molecule has 0 heterocycles. The van der Waals surface area contributed by atoms with Crippen molar-refractivity contribution in [2.75, 3.05) is 13.1 Å². The van der Waals surface area contributed by atoms with E-state index in [1.165, 1.54) is 0 Å². The van der Waals surface area contributed by atoms with E-state index in [9.17, 15) is 18.7 Å². The molecule has 0 aliphatic heterocycles. The smallest absolute Gasteiger partial charge is 0.251 e. The summed E-state index contributed by atoms with van der Waals surface area (Å²) in [5, 5.41) is 16.4. The molecule has 3 rings (SSSR count). The number of rotatable bonds is 8. The molecular formula is C23H24F2N2O2. The molecule has 2 unspecified atom stereocenters. The van der Waals surface area contributed by atoms with Gasteiger partial charge in [0.25, 0.3) is 5.91 Å². The predicted octanol–water partition coefficient (Wildman–Crippen LogP) is 2.67. The highest BCUT2D eigenvalue weighted by Gasteiger charge is 2.23. The Labute approximate surface area is 169 Å². The average molecular weight is 398 g/mol. The van der Waals surface area contributed by atoms with Gasteiger partial charge in [-0.2, -0.15) is 0 Å². The second kappa shape index (κ2) is 10.1. The third-order valence-electron chi connectivity index (χ3n) is 4.65. The highest BCUT2D eigenvalue weighted by molar-refractivity contribution is 5.94. The lowest BCUT2D eigenvalue weighted by molar-refractivity contribution is 0.0832. The maximum Gasteiger partial charge on any atom is 0.251 e. The van der Waals surface area contributed by atoms with Crippen LogP contribution in [0.25, 0.3) is 0 Å². The molecule has 2 atom stereocenters. The van der Waals surface area contributed by atoms with Gasteiger partial charge in [-0.25, -0.2) is 8.78 Å². The number of hydrogen-bond donors (Lipinski definition) is 3. The molecule has 152 valence electrons. The lowest BCUT2D eigenvalue weighted by atomic mass is 10.0. The van der Waals surface area contributed by atoms with Crippen molar-refractivity contribution in [3.05, 3.63) is 71.3 Å². The van der Waals surface area contributed by atoms with Gasteiger partial charge < -0.3 is 15.7 Å². The first-order valence-electron chi connectivity index (χ1n) is 9.69. The SMILES string of the molecule is O=C(NC(Cc1ccccc1)C(O)CNCC#CC1CC1)c1cc(F)cc(F)c1. The van der Waals surface area contributed by atoms with Gasteiger partial charge in [-0.15, -0.1) is 0 Å². The molecule has 1 aliphatic carbocycles. The van der Waals surface area contributed by atoms with Crippen LogP contribution in [0.15, 0.2) is 48.5 Å². The minimum absolute atomic E-state index is 0.129. The minimum Gasteiger partial charge on any atom is -0.390 e. The van der Waals surface area contributed by atoms with Gasteiger partial charge in [0.1, 0.15) is 11.6 Å². The van der Waals surface area contributed by atoms with Gasteiger partial charge in [-0.3, -0.25) is 4.79 Å². The monoisotopic (exact) mass is 398 g/mol. The molecule has 4 nitrogen and oxygen atoms in total. The summed E-state index contributed by atoms with van der Waals surface area (Å²) in [6.07, 6.45) is 1.78. The zero-order valence-corrected chi connectivity index (χ0v) is 16.0. The van der Waals surface area contributed by atoms with E-state index >= 15 is 0 Å². The maximum absolute atomic E-state index is 13.4. The van der Waals surface area contributed by atoms with Crippen LogP contribution in [0.2, 0.25) is 0 Å². The molecular weight excluding hydrogens is 374 g/mol. The van der Waals surface area contributed by atoms with Crippen molar-refractivity contribution in [2.24, 2.45) is 5.92 Å². The number of hydrogen-bond acceptors (Lipinski definition) is 3. The summed E-state index contributed by atoms with van der Waals surface area (Å²) in [6, 6.07) is 11.4. The van der Waals surface area contributed by atoms with E-state index in [0.717, 1.165) is 30.5 Å². The Morgan fingerprint density at radius 1 is 1.14 bits per heavy atom. The summed E-state index contributed by atoms with van der Waals surface area (Å²) in [4.78, 5) is 12.5. The maximum atomic E-state index is 13.4. The average Bonchev–Trinajstić information content (AvgIpc) is 3.51. The second-order valence-corrected chi connectivity index (χ2v) is 7.22. The minimum atomic E-state index is -0.903. The molecule has 2 aromatic rings. The third-order valence-corrected chi connectivity index (χ3v) is 4.65. The zero-order valence-electron chi connectivity index (χ0n) is 16.0. The number of aliphatic hydroxyl groups excluding tert-OH is 1. The van der Waals surface area contributed by atoms with E-state index in [1.807, 2.05) is 30.3 Å². The van der Waals surface area contributed by atoms with Crippen molar-refractivity contribution in [1.29, 1.82) is 0 Å². The summed E-state index contributed by atoms with van der Waals surface area (Å²) < 4.78 is 26.9. The Hall–Kier alpha value is -2.75. The van der Waals surface area contributed by atoms with Crippen LogP contribution in [0.5, 0.6) is 0 Å². The molecule has 1 fully saturated rings. The zero-order chi connectivity index (χ0) is 20.6. The first kappa shape index (κ1) is 21.0. The van der Waals surface area contributed by atoms with Crippen molar-refractivity contribution >= 4 is 5.91 Å². The van der Waals surface area contributed by atoms with Crippen LogP contribution >= 0.6 is 0 Å². The molecule has 29 heavy (non-hydrogen) atoms. The first-order chi connectivity index (χ1) is 14.0. The van der Waals surface area contributed by atoms with E-state index in [1.54, 1.807) is 0 Å². The van der Waals surface area contributed by atoms with E-state index in [2.05, 4.69) is 22.5 Å². The lowest BCUT2D eigenvalue weighted by Crippen LogP contribution is -2.48. The number of carbonyl (C=O) groups is 1. The molecule has 0 aromatic heterocycles. The summed E-state index contributed by atoms with van der Waals surface area (Å²) in [5.74, 6) is 4.37. The number of aliphatic hydroxyl groups is 1. The molecule has 0 spiro atoms. The summed E-state index contributed by atoms with van der Waals surface area (Å²) >= 11 is 0. The topological polar surface area (TPSA) is 61.4 Å². The van der Waals surface area contributed by atoms with Crippen LogP contribution in [-0.2, 0) is 6.42 Å². The van der Waals surface area contributed by atoms with Crippen molar-refractivity contribution in [3.63, 3.8) is 0 Å². The molecule has 6 heteroatoms. The van der Waals surface area contributed by atoms with Crippen LogP contribution in [0, 0.1) is 29.4 Å². The van der Waals surface area contributed by atoms with Crippen molar-refractivity contribution < 1.29 is 18.7 Å². The Kier molecular flexibility index (Phi) is 7.34. The highest BCUT2D eigenvalue weighted by atomic mass is 19.1. The van der Waals surface area contributed by atoms with Gasteiger partial charge in [0.2, 0.25) is 0 Å². The molecule has 0 saturated heterocycles. The van der Waals surface area contributed by atoms with Gasteiger partial charge >= 0.3 is 0 Å². The number of benzene rings is 2. The highest BCUT2D eigenvalue weighted by Crippen LogP contribution is 2.27. The lowest BCUT2D eigenvalue weighted by Gasteiger charge is -2.24. The predicted molar refractivity (Wildman–Crippen MR) is 107 cm³/mol. The van der Waals surface area contributed by atoms with Gasteiger partial charge in [0.15, 0.2) is 0 Å². The molecule has 1 aliphatic rings. The van der Waals surface area contributed by atoms with Gasteiger partial charge in [-0.05, 0) is 37.0 Å². The Morgan fingerprint density at radius 3 is 2.48 bits per heavy atom. The van der Waals surface area contributed by atoms with Crippen LogP contribution < -0.4 is 10.6 Å². The van der Waals surface area contributed by atoms with Crippen molar-refractivity contribution in [2.45, 2.75) is 31.4 Å². The molecule has 2 aromatic carbocycles. The van der Waals surface area contributed by atoms with Crippen LogP contribution in [0.4, 0.5) is 8.78 Å². The molecule has 3 N–H and O–H groups in total. The summed E-state index contributed by atoms with van der Waals surface area (Å²) in [7, 11) is 0. The van der Waals surface area contributed by atoms with E-state index in [0.29, 0.717) is 24.9 Å². The van der Waals surface area contributed by atoms with Crippen LogP contribution in [0.3, 0.4) is 0 Å². The molecule has 0 radical (unpaired) electrons. The third kappa shape index (κ3) is 6.97. The molecule has 1 saturated carbocycles. The first-order valence-corrected chi connectivity index (χ1v) is 9.69. The number of amides is 1. The molecule has 1 amide bonds. The van der Waals surface area contributed by atoms with Crippen LogP contribution in [-0.4, -0.2) is 36.2 Å². The fraction of sp³-hybridized carbons (Fsp3) is 0.348. The quantitative estimate of drug-likeness (QED) is 0.473. The Balaban J connectivity index is 1.64. The van der Waals surface area contributed by atoms with Crippen molar-refractivity contribution in [3.8, 4) is 11.8 Å². The number of halogens is 2. The fourth-order valence-electron chi connectivity index (χ4n) is 2.94. The van der Waals surface area contributed by atoms with E-state index < -0.39 is 29.7 Å². The van der Waals surface area contributed by atoms with Gasteiger partial charge in [0, 0.05) is 24.1 Å². The van der Waals surface area contributed by atoms with Crippen LogP contribution in [0.1, 0.15) is 28.8 Å². The summed E-state index contributed by atoms with van der Waals surface area (Å²) in [5.41, 5.74) is 0.798. The van der Waals surface area contributed by atoms with E-state index in [4.69, 9.17) is 0 Å². The largest absolute Gasteiger partial charge is 0.390 e. The number of nitrogens with one attached hydrogen (secondary N) is 2. The Morgan fingerprint density at radius 2 is 1.83 bits per heavy atom. The standard InChI is InChI=1S/C23H24F2N2O2/c24-19-12-18(13-20(25)14-19)23(29)27-21(11-17-5-2-1-3-6-17)22(28)15-26-10-4-7-16-8-9-16/h1-3,5-6,12-14,16,21-22,26,28H,8-11,15H2,(H,27,29). The normalized spacial score (nSPS) is 15.1. The molecule has 0 bridgehead atoms. The van der Waals surface area contributed by atoms with Gasteiger partial charge in [-0.1, -0.05) is 42.2 Å². The fourth-order valence-corrected chi connectivity index (χ4v) is 2.94. The Bertz CT molecular complexity index is 868. The summed E-state index contributed by atoms with van der Waals surface area (Å²) in [6.45, 7) is 0.684. The van der Waals surface area contributed by atoms with E-state index in [-0.39, 0.29) is 12.1 Å².